The summed E-state index contributed by atoms with van der Waals surface area (Å²) in [7, 11) is 0. The molecule has 4 atom stereocenters. The Hall–Kier alpha value is -1.98. The minimum Gasteiger partial charge on any atom is -0.481 e. The summed E-state index contributed by atoms with van der Waals surface area (Å²) in [4.78, 5) is 22.4. The number of Topliss-reactive ketones (excluding diaryl/α,β-unsaturated/α-hetero) is 1. The van der Waals surface area contributed by atoms with E-state index >= 15 is 0 Å². The molecule has 0 amide bonds. The van der Waals surface area contributed by atoms with Gasteiger partial charge in [-0.2, -0.15) is 0 Å². The van der Waals surface area contributed by atoms with Gasteiger partial charge in [0.2, 0.25) is 0 Å². The van der Waals surface area contributed by atoms with Gasteiger partial charge in [0.25, 0.3) is 0 Å². The van der Waals surface area contributed by atoms with Crippen LogP contribution in [0.1, 0.15) is 51.9 Å². The fourth-order valence-electron chi connectivity index (χ4n) is 3.03. The highest BCUT2D eigenvalue weighted by Crippen LogP contribution is 2.33. The average molecular weight is 376 g/mol. The molecule has 0 heterocycles. The third-order valence-corrected chi connectivity index (χ3v) is 4.67. The van der Waals surface area contributed by atoms with Crippen LogP contribution in [-0.2, 0) is 9.59 Å². The Morgan fingerprint density at radius 2 is 1.78 bits per heavy atom. The molecule has 0 aliphatic heterocycles. The van der Waals surface area contributed by atoms with Crippen LogP contribution in [0, 0.1) is 11.8 Å². The molecule has 3 N–H and O–H groups in total. The Balaban J connectivity index is 2.35. The fourth-order valence-corrected chi connectivity index (χ4v) is 3.03. The number of aliphatic carboxylic acids is 1. The van der Waals surface area contributed by atoms with E-state index in [2.05, 4.69) is 0 Å². The number of carbonyl (C=O) groups excluding carboxylic acids is 1. The SMILES string of the molecule is CC[C@@H](O)/C=C/[C@H]1C(=O)C[C@@H](O)[C@@H]1C/C=C\C/C=C\C/C=C\CCC(=O)O. The third kappa shape index (κ3) is 9.50. The van der Waals surface area contributed by atoms with Crippen LogP contribution in [0.4, 0.5) is 0 Å². The lowest BCUT2D eigenvalue weighted by molar-refractivity contribution is -0.136. The molecular weight excluding hydrogens is 344 g/mol. The summed E-state index contributed by atoms with van der Waals surface area (Å²) in [5.74, 6) is -1.20. The lowest BCUT2D eigenvalue weighted by Gasteiger charge is -2.16. The zero-order valence-electron chi connectivity index (χ0n) is 16.0. The molecule has 0 aromatic heterocycles. The largest absolute Gasteiger partial charge is 0.481 e. The van der Waals surface area contributed by atoms with Crippen molar-refractivity contribution in [2.75, 3.05) is 0 Å². The van der Waals surface area contributed by atoms with Crippen LogP contribution in [0.3, 0.4) is 0 Å². The van der Waals surface area contributed by atoms with Crippen LogP contribution in [0.25, 0.3) is 0 Å². The monoisotopic (exact) mass is 376 g/mol. The maximum atomic E-state index is 12.0. The van der Waals surface area contributed by atoms with E-state index in [4.69, 9.17) is 5.11 Å². The molecule has 1 aliphatic carbocycles. The summed E-state index contributed by atoms with van der Waals surface area (Å²) in [5.41, 5.74) is 0. The van der Waals surface area contributed by atoms with Crippen LogP contribution < -0.4 is 0 Å². The maximum Gasteiger partial charge on any atom is 0.303 e. The standard InChI is InChI=1S/C22H32O5/c1-2-17(23)14-15-19-18(20(24)16-21(19)25)12-10-8-6-4-3-5-7-9-11-13-22(26)27/h3-4,7-10,14-15,17-20,23-24H,2,5-6,11-13,16H2,1H3,(H,26,27)/b4-3-,9-7-,10-8-,15-14+/t17-,18-,19-,20-/m1/s1. The quantitative estimate of drug-likeness (QED) is 0.453. The Morgan fingerprint density at radius 1 is 1.15 bits per heavy atom. The molecule has 0 saturated heterocycles. The van der Waals surface area contributed by atoms with E-state index < -0.39 is 18.2 Å². The van der Waals surface area contributed by atoms with Gasteiger partial charge in [-0.15, -0.1) is 0 Å². The van der Waals surface area contributed by atoms with Crippen molar-refractivity contribution in [2.45, 2.75) is 64.1 Å². The first-order valence-corrected chi connectivity index (χ1v) is 9.69. The molecule has 5 nitrogen and oxygen atoms in total. The predicted molar refractivity (Wildman–Crippen MR) is 106 cm³/mol. The highest BCUT2D eigenvalue weighted by molar-refractivity contribution is 5.86. The summed E-state index contributed by atoms with van der Waals surface area (Å²) in [6.07, 6.45) is 17.8. The minimum atomic E-state index is -0.784. The molecule has 27 heavy (non-hydrogen) atoms. The summed E-state index contributed by atoms with van der Waals surface area (Å²) in [6, 6.07) is 0. The van der Waals surface area contributed by atoms with E-state index in [1.165, 1.54) is 0 Å². The van der Waals surface area contributed by atoms with Gasteiger partial charge in [0, 0.05) is 24.7 Å². The van der Waals surface area contributed by atoms with E-state index in [9.17, 15) is 19.8 Å². The second-order valence-corrected chi connectivity index (χ2v) is 6.84. The number of carboxylic acid groups (broad SMARTS) is 1. The third-order valence-electron chi connectivity index (χ3n) is 4.67. The van der Waals surface area contributed by atoms with Crippen LogP contribution in [0.15, 0.2) is 48.6 Å². The second kappa shape index (κ2) is 13.2. The van der Waals surface area contributed by atoms with Crippen molar-refractivity contribution in [3.05, 3.63) is 48.6 Å². The molecule has 0 aromatic rings. The molecule has 0 aromatic carbocycles. The number of rotatable bonds is 12. The summed E-state index contributed by atoms with van der Waals surface area (Å²) >= 11 is 0. The first kappa shape index (κ1) is 23.1. The number of hydrogen-bond donors (Lipinski definition) is 3. The molecule has 1 rings (SSSR count). The van der Waals surface area contributed by atoms with Crippen molar-refractivity contribution in [1.29, 1.82) is 0 Å². The first-order chi connectivity index (χ1) is 13.0. The Bertz CT molecular complexity index is 573. The van der Waals surface area contributed by atoms with E-state index in [0.717, 1.165) is 12.8 Å². The van der Waals surface area contributed by atoms with Crippen LogP contribution in [0.5, 0.6) is 0 Å². The summed E-state index contributed by atoms with van der Waals surface area (Å²) < 4.78 is 0. The first-order valence-electron chi connectivity index (χ1n) is 9.69. The lowest BCUT2D eigenvalue weighted by Crippen LogP contribution is -2.19. The van der Waals surface area contributed by atoms with E-state index in [1.807, 2.05) is 43.4 Å². The van der Waals surface area contributed by atoms with E-state index in [-0.39, 0.29) is 30.5 Å². The number of aliphatic hydroxyl groups excluding tert-OH is 2. The molecule has 0 spiro atoms. The van der Waals surface area contributed by atoms with Gasteiger partial charge in [-0.25, -0.2) is 0 Å². The van der Waals surface area contributed by atoms with Gasteiger partial charge in [0.15, 0.2) is 0 Å². The molecule has 1 aliphatic rings. The number of hydrogen-bond acceptors (Lipinski definition) is 4. The van der Waals surface area contributed by atoms with Gasteiger partial charge in [-0.3, -0.25) is 9.59 Å². The zero-order chi connectivity index (χ0) is 20.1. The Kier molecular flexibility index (Phi) is 11.3. The van der Waals surface area contributed by atoms with Crippen molar-refractivity contribution >= 4 is 11.8 Å². The molecule has 150 valence electrons. The van der Waals surface area contributed by atoms with Gasteiger partial charge in [0.05, 0.1) is 12.2 Å². The van der Waals surface area contributed by atoms with Gasteiger partial charge >= 0.3 is 5.97 Å². The minimum absolute atomic E-state index is 0.0371. The van der Waals surface area contributed by atoms with Gasteiger partial charge in [-0.05, 0) is 32.1 Å². The molecule has 0 radical (unpaired) electrons. The van der Waals surface area contributed by atoms with Crippen LogP contribution in [0.2, 0.25) is 0 Å². The molecular formula is C22H32O5. The fraction of sp³-hybridized carbons (Fsp3) is 0.545. The van der Waals surface area contributed by atoms with Crippen molar-refractivity contribution in [1.82, 2.24) is 0 Å². The Morgan fingerprint density at radius 3 is 2.41 bits per heavy atom. The Labute approximate surface area is 161 Å². The molecule has 0 unspecified atom stereocenters. The smallest absolute Gasteiger partial charge is 0.303 e. The zero-order valence-corrected chi connectivity index (χ0v) is 16.0. The molecule has 1 saturated carbocycles. The van der Waals surface area contributed by atoms with Crippen molar-refractivity contribution in [2.24, 2.45) is 11.8 Å². The summed E-state index contributed by atoms with van der Waals surface area (Å²) in [5, 5.41) is 28.3. The number of carbonyl (C=O) groups is 2. The average Bonchev–Trinajstić information content (AvgIpc) is 2.90. The second-order valence-electron chi connectivity index (χ2n) is 6.84. The van der Waals surface area contributed by atoms with E-state index in [0.29, 0.717) is 19.3 Å². The maximum absolute atomic E-state index is 12.0. The predicted octanol–water partition coefficient (Wildman–Crippen LogP) is 3.58. The summed E-state index contributed by atoms with van der Waals surface area (Å²) in [6.45, 7) is 1.87. The molecule has 5 heteroatoms. The van der Waals surface area contributed by atoms with Gasteiger partial charge in [0.1, 0.15) is 5.78 Å². The normalized spacial score (nSPS) is 24.9. The van der Waals surface area contributed by atoms with Crippen molar-refractivity contribution in [3.63, 3.8) is 0 Å². The van der Waals surface area contributed by atoms with Gasteiger partial charge in [-0.1, -0.05) is 55.5 Å². The van der Waals surface area contributed by atoms with Crippen LogP contribution >= 0.6 is 0 Å². The molecule has 1 fully saturated rings. The highest BCUT2D eigenvalue weighted by Gasteiger charge is 2.39. The van der Waals surface area contributed by atoms with Crippen molar-refractivity contribution in [3.8, 4) is 0 Å². The lowest BCUT2D eigenvalue weighted by atomic mass is 9.90. The van der Waals surface area contributed by atoms with Crippen LogP contribution in [-0.4, -0.2) is 39.3 Å². The molecule has 0 bridgehead atoms. The van der Waals surface area contributed by atoms with Gasteiger partial charge < -0.3 is 15.3 Å². The number of carboxylic acids is 1. The van der Waals surface area contributed by atoms with E-state index in [1.54, 1.807) is 12.2 Å². The van der Waals surface area contributed by atoms with Crippen molar-refractivity contribution < 1.29 is 24.9 Å². The number of allylic oxidation sites excluding steroid dienone is 7. The number of ketones is 1. The number of aliphatic hydroxyl groups is 2. The topological polar surface area (TPSA) is 94.8 Å². The highest BCUT2D eigenvalue weighted by atomic mass is 16.4.